The maximum absolute atomic E-state index is 13.1. The minimum atomic E-state index is -0.348. The quantitative estimate of drug-likeness (QED) is 0.846. The Hall–Kier alpha value is -1.82. The fourth-order valence-electron chi connectivity index (χ4n) is 2.60. The second-order valence-corrected chi connectivity index (χ2v) is 5.46. The van der Waals surface area contributed by atoms with Gasteiger partial charge in [-0.15, -0.1) is 0 Å². The Morgan fingerprint density at radius 3 is 3.09 bits per heavy atom. The molecule has 0 unspecified atom stereocenters. The summed E-state index contributed by atoms with van der Waals surface area (Å²) in [5, 5.41) is 12.1. The van der Waals surface area contributed by atoms with Crippen molar-refractivity contribution < 1.29 is 19.0 Å². The molecule has 1 aromatic carbocycles. The van der Waals surface area contributed by atoms with Gasteiger partial charge in [-0.25, -0.2) is 9.18 Å². The highest BCUT2D eigenvalue weighted by atomic mass is 19.1. The lowest BCUT2D eigenvalue weighted by atomic mass is 10.2. The zero-order valence-corrected chi connectivity index (χ0v) is 12.8. The monoisotopic (exact) mass is 310 g/mol. The number of likely N-dealkylation sites (tertiary alicyclic amines) is 1. The number of aliphatic hydroxyl groups is 1. The van der Waals surface area contributed by atoms with Crippen molar-refractivity contribution in [2.24, 2.45) is 0 Å². The molecule has 1 aliphatic rings. The summed E-state index contributed by atoms with van der Waals surface area (Å²) in [6, 6.07) is 5.69. The van der Waals surface area contributed by atoms with Crippen LogP contribution in [0.2, 0.25) is 0 Å². The summed E-state index contributed by atoms with van der Waals surface area (Å²) < 4.78 is 18.8. The number of hydrogen-bond donors (Lipinski definition) is 2. The van der Waals surface area contributed by atoms with Gasteiger partial charge in [-0.3, -0.25) is 0 Å². The molecule has 0 radical (unpaired) electrons. The van der Waals surface area contributed by atoms with E-state index in [1.165, 1.54) is 12.1 Å². The summed E-state index contributed by atoms with van der Waals surface area (Å²) in [6.07, 6.45) is 2.22. The van der Waals surface area contributed by atoms with Crippen molar-refractivity contribution in [1.82, 2.24) is 10.2 Å². The van der Waals surface area contributed by atoms with Crippen molar-refractivity contribution in [2.45, 2.75) is 38.3 Å². The van der Waals surface area contributed by atoms with E-state index in [-0.39, 0.29) is 30.6 Å². The first-order chi connectivity index (χ1) is 10.6. The highest BCUT2D eigenvalue weighted by Gasteiger charge is 2.28. The van der Waals surface area contributed by atoms with Crippen LogP contribution in [0.5, 0.6) is 5.75 Å². The van der Waals surface area contributed by atoms with Crippen LogP contribution < -0.4 is 10.1 Å². The molecular formula is C16H23FN2O3. The highest BCUT2D eigenvalue weighted by molar-refractivity contribution is 5.74. The van der Waals surface area contributed by atoms with E-state index in [9.17, 15) is 14.3 Å². The third-order valence-electron chi connectivity index (χ3n) is 3.88. The summed E-state index contributed by atoms with van der Waals surface area (Å²) >= 11 is 0. The fourth-order valence-corrected chi connectivity index (χ4v) is 2.60. The van der Waals surface area contributed by atoms with Gasteiger partial charge in [-0.05, 0) is 31.4 Å². The van der Waals surface area contributed by atoms with E-state index in [2.05, 4.69) is 5.32 Å². The van der Waals surface area contributed by atoms with Gasteiger partial charge >= 0.3 is 6.03 Å². The summed E-state index contributed by atoms with van der Waals surface area (Å²) in [5.41, 5.74) is 0. The van der Waals surface area contributed by atoms with Gasteiger partial charge in [0.25, 0.3) is 0 Å². The molecule has 2 atom stereocenters. The van der Waals surface area contributed by atoms with Crippen LogP contribution in [0.25, 0.3) is 0 Å². The van der Waals surface area contributed by atoms with E-state index in [1.54, 1.807) is 17.0 Å². The SMILES string of the molecule is CC[C@@H](CNC(=O)N1CCC[C@@H]1CO)Oc1cccc(F)c1. The van der Waals surface area contributed by atoms with E-state index in [0.717, 1.165) is 12.8 Å². The number of urea groups is 1. The van der Waals surface area contributed by atoms with E-state index in [4.69, 9.17) is 4.74 Å². The van der Waals surface area contributed by atoms with Crippen molar-refractivity contribution in [3.63, 3.8) is 0 Å². The van der Waals surface area contributed by atoms with Gasteiger partial charge in [-0.2, -0.15) is 0 Å². The number of benzene rings is 1. The van der Waals surface area contributed by atoms with Crippen molar-refractivity contribution >= 4 is 6.03 Å². The summed E-state index contributed by atoms with van der Waals surface area (Å²) in [5.74, 6) is 0.106. The molecule has 0 aromatic heterocycles. The number of nitrogens with one attached hydrogen (secondary N) is 1. The van der Waals surface area contributed by atoms with Gasteiger partial charge in [0.15, 0.2) is 0 Å². The number of halogens is 1. The third-order valence-corrected chi connectivity index (χ3v) is 3.88. The molecule has 2 N–H and O–H groups in total. The number of nitrogens with zero attached hydrogens (tertiary/aromatic N) is 1. The van der Waals surface area contributed by atoms with Crippen LogP contribution in [0.4, 0.5) is 9.18 Å². The summed E-state index contributed by atoms with van der Waals surface area (Å²) in [4.78, 5) is 13.8. The van der Waals surface area contributed by atoms with Gasteiger partial charge in [0.2, 0.25) is 0 Å². The Labute approximate surface area is 130 Å². The molecule has 22 heavy (non-hydrogen) atoms. The predicted octanol–water partition coefficient (Wildman–Crippen LogP) is 2.15. The van der Waals surface area contributed by atoms with Gasteiger partial charge in [-0.1, -0.05) is 13.0 Å². The lowest BCUT2D eigenvalue weighted by Crippen LogP contribution is -2.46. The molecule has 5 nitrogen and oxygen atoms in total. The molecule has 2 amide bonds. The molecule has 6 heteroatoms. The van der Waals surface area contributed by atoms with E-state index in [0.29, 0.717) is 25.3 Å². The van der Waals surface area contributed by atoms with E-state index >= 15 is 0 Å². The lowest BCUT2D eigenvalue weighted by molar-refractivity contribution is 0.148. The lowest BCUT2D eigenvalue weighted by Gasteiger charge is -2.25. The Kier molecular flexibility index (Phi) is 6.00. The average Bonchev–Trinajstić information content (AvgIpc) is 2.99. The first-order valence-corrected chi connectivity index (χ1v) is 7.71. The third kappa shape index (κ3) is 4.34. The van der Waals surface area contributed by atoms with Crippen LogP contribution in [0.3, 0.4) is 0 Å². The number of carbonyl (C=O) groups is 1. The second-order valence-electron chi connectivity index (χ2n) is 5.46. The molecule has 122 valence electrons. The van der Waals surface area contributed by atoms with Gasteiger partial charge in [0.1, 0.15) is 17.7 Å². The first kappa shape index (κ1) is 16.5. The standard InChI is InChI=1S/C16H23FN2O3/c1-2-14(22-15-7-3-5-12(17)9-15)10-18-16(21)19-8-4-6-13(19)11-20/h3,5,7,9,13-14,20H,2,4,6,8,10-11H2,1H3,(H,18,21)/t13-,14+/m1/s1. The number of aliphatic hydroxyl groups excluding tert-OH is 1. The van der Waals surface area contributed by atoms with Crippen LogP contribution in [-0.4, -0.2) is 47.9 Å². The molecule has 0 saturated carbocycles. The molecule has 1 aliphatic heterocycles. The molecule has 1 heterocycles. The predicted molar refractivity (Wildman–Crippen MR) is 81.3 cm³/mol. The summed E-state index contributed by atoms with van der Waals surface area (Å²) in [7, 11) is 0. The van der Waals surface area contributed by atoms with E-state index < -0.39 is 0 Å². The van der Waals surface area contributed by atoms with Crippen molar-refractivity contribution in [1.29, 1.82) is 0 Å². The molecule has 1 saturated heterocycles. The molecule has 0 aliphatic carbocycles. The Morgan fingerprint density at radius 2 is 2.41 bits per heavy atom. The van der Waals surface area contributed by atoms with Crippen molar-refractivity contribution in [3.05, 3.63) is 30.1 Å². The number of rotatable bonds is 6. The molecule has 0 bridgehead atoms. The molecular weight excluding hydrogens is 287 g/mol. The average molecular weight is 310 g/mol. The maximum atomic E-state index is 13.1. The van der Waals surface area contributed by atoms with Crippen molar-refractivity contribution in [2.75, 3.05) is 19.7 Å². The van der Waals surface area contributed by atoms with Crippen LogP contribution in [0, 0.1) is 5.82 Å². The molecule has 1 aromatic rings. The minimum Gasteiger partial charge on any atom is -0.489 e. The molecule has 2 rings (SSSR count). The van der Waals surface area contributed by atoms with Crippen LogP contribution in [0.15, 0.2) is 24.3 Å². The molecule has 1 fully saturated rings. The van der Waals surface area contributed by atoms with Crippen molar-refractivity contribution in [3.8, 4) is 5.75 Å². The number of amides is 2. The number of ether oxygens (including phenoxy) is 1. The van der Waals surface area contributed by atoms with Crippen LogP contribution >= 0.6 is 0 Å². The van der Waals surface area contributed by atoms with Crippen LogP contribution in [0.1, 0.15) is 26.2 Å². The number of carbonyl (C=O) groups excluding carboxylic acids is 1. The Bertz CT molecular complexity index is 498. The number of hydrogen-bond acceptors (Lipinski definition) is 3. The van der Waals surface area contributed by atoms with Gasteiger partial charge in [0.05, 0.1) is 19.2 Å². The van der Waals surface area contributed by atoms with Gasteiger partial charge in [0, 0.05) is 12.6 Å². The largest absolute Gasteiger partial charge is 0.489 e. The van der Waals surface area contributed by atoms with Gasteiger partial charge < -0.3 is 20.1 Å². The topological polar surface area (TPSA) is 61.8 Å². The molecule has 0 spiro atoms. The maximum Gasteiger partial charge on any atom is 0.317 e. The minimum absolute atomic E-state index is 0.00951. The first-order valence-electron chi connectivity index (χ1n) is 7.71. The highest BCUT2D eigenvalue weighted by Crippen LogP contribution is 2.17. The Morgan fingerprint density at radius 1 is 1.59 bits per heavy atom. The normalized spacial score (nSPS) is 19.0. The van der Waals surface area contributed by atoms with E-state index in [1.807, 2.05) is 6.92 Å². The smallest absolute Gasteiger partial charge is 0.317 e. The fraction of sp³-hybridized carbons (Fsp3) is 0.562. The Balaban J connectivity index is 1.84. The summed E-state index contributed by atoms with van der Waals surface area (Å²) in [6.45, 7) is 2.95. The zero-order chi connectivity index (χ0) is 15.9. The zero-order valence-electron chi connectivity index (χ0n) is 12.8. The second kappa shape index (κ2) is 7.98. The van der Waals surface area contributed by atoms with Crippen LogP contribution in [-0.2, 0) is 0 Å².